The summed E-state index contributed by atoms with van der Waals surface area (Å²) in [6.07, 6.45) is 4.93. The molecule has 1 saturated carbocycles. The molecule has 2 N–H and O–H groups in total. The average molecular weight is 211 g/mol. The average Bonchev–Trinajstić information content (AvgIpc) is 2.71. The molecule has 0 radical (unpaired) electrons. The molecule has 86 valence electrons. The summed E-state index contributed by atoms with van der Waals surface area (Å²) in [6, 6.07) is 0.851. The van der Waals surface area contributed by atoms with Crippen molar-refractivity contribution in [3.63, 3.8) is 0 Å². The van der Waals surface area contributed by atoms with Crippen LogP contribution in [0.3, 0.4) is 0 Å². The Balaban J connectivity index is 2.01. The number of amides is 1. The van der Waals surface area contributed by atoms with Crippen LogP contribution in [0.4, 0.5) is 0 Å². The van der Waals surface area contributed by atoms with Crippen LogP contribution in [-0.4, -0.2) is 54.5 Å². The van der Waals surface area contributed by atoms with Crippen molar-refractivity contribution in [2.45, 2.75) is 37.8 Å². The monoisotopic (exact) mass is 211 g/mol. The van der Waals surface area contributed by atoms with Gasteiger partial charge in [-0.3, -0.25) is 9.69 Å². The van der Waals surface area contributed by atoms with Crippen LogP contribution in [0.15, 0.2) is 0 Å². The Labute approximate surface area is 91.4 Å². The molecule has 1 heterocycles. The van der Waals surface area contributed by atoms with Crippen LogP contribution >= 0.6 is 0 Å². The maximum absolute atomic E-state index is 11.9. The molecule has 0 aromatic heterocycles. The summed E-state index contributed by atoms with van der Waals surface area (Å²) in [5, 5.41) is 0. The summed E-state index contributed by atoms with van der Waals surface area (Å²) in [4.78, 5) is 16.0. The summed E-state index contributed by atoms with van der Waals surface area (Å²) in [7, 11) is 1.99. The quantitative estimate of drug-likeness (QED) is 0.701. The standard InChI is InChI=1S/C11H21N3O/c1-13-8-11(15)14(7-10(13)6-12)9-4-2-3-5-9/h9-10H,2-8,12H2,1H3. The first-order chi connectivity index (χ1) is 7.22. The van der Waals surface area contributed by atoms with Crippen molar-refractivity contribution in [3.05, 3.63) is 0 Å². The van der Waals surface area contributed by atoms with Crippen molar-refractivity contribution in [2.75, 3.05) is 26.7 Å². The van der Waals surface area contributed by atoms with Gasteiger partial charge in [0, 0.05) is 25.2 Å². The first-order valence-corrected chi connectivity index (χ1v) is 5.92. The third-order valence-electron chi connectivity index (χ3n) is 3.77. The smallest absolute Gasteiger partial charge is 0.237 e. The highest BCUT2D eigenvalue weighted by Gasteiger charge is 2.34. The Morgan fingerprint density at radius 3 is 2.67 bits per heavy atom. The van der Waals surface area contributed by atoms with Crippen molar-refractivity contribution in [1.82, 2.24) is 9.80 Å². The van der Waals surface area contributed by atoms with Crippen molar-refractivity contribution in [1.29, 1.82) is 0 Å². The Bertz CT molecular complexity index is 238. The number of carbonyl (C=O) groups excluding carboxylic acids is 1. The van der Waals surface area contributed by atoms with Gasteiger partial charge in [-0.2, -0.15) is 0 Å². The topological polar surface area (TPSA) is 49.6 Å². The van der Waals surface area contributed by atoms with Gasteiger partial charge in [-0.1, -0.05) is 12.8 Å². The van der Waals surface area contributed by atoms with E-state index >= 15 is 0 Å². The van der Waals surface area contributed by atoms with E-state index in [1.165, 1.54) is 25.7 Å². The zero-order valence-electron chi connectivity index (χ0n) is 9.48. The molecule has 1 atom stereocenters. The van der Waals surface area contributed by atoms with E-state index in [9.17, 15) is 4.79 Å². The second-order valence-electron chi connectivity index (χ2n) is 4.79. The zero-order chi connectivity index (χ0) is 10.8. The molecule has 1 saturated heterocycles. The molecule has 2 aliphatic rings. The number of rotatable bonds is 2. The molecular formula is C11H21N3O. The van der Waals surface area contributed by atoms with Crippen LogP contribution in [0.5, 0.6) is 0 Å². The molecule has 15 heavy (non-hydrogen) atoms. The summed E-state index contributed by atoms with van der Waals surface area (Å²) >= 11 is 0. The van der Waals surface area contributed by atoms with E-state index in [0.29, 0.717) is 25.2 Å². The number of likely N-dealkylation sites (N-methyl/N-ethyl adjacent to an activating group) is 1. The van der Waals surface area contributed by atoms with Crippen LogP contribution < -0.4 is 5.73 Å². The molecule has 2 fully saturated rings. The SMILES string of the molecule is CN1CC(=O)N(C2CCCC2)CC1CN. The molecule has 1 aliphatic carbocycles. The molecule has 2 rings (SSSR count). The number of hydrogen-bond acceptors (Lipinski definition) is 3. The minimum atomic E-state index is 0.286. The lowest BCUT2D eigenvalue weighted by molar-refractivity contribution is -0.140. The van der Waals surface area contributed by atoms with E-state index in [1.807, 2.05) is 7.05 Å². The molecule has 4 heteroatoms. The predicted octanol–water partition coefficient (Wildman–Crippen LogP) is 0.0303. The van der Waals surface area contributed by atoms with Crippen molar-refractivity contribution >= 4 is 5.91 Å². The van der Waals surface area contributed by atoms with E-state index in [4.69, 9.17) is 5.73 Å². The Morgan fingerprint density at radius 2 is 2.07 bits per heavy atom. The molecule has 1 aliphatic heterocycles. The van der Waals surface area contributed by atoms with Crippen LogP contribution in [0.2, 0.25) is 0 Å². The number of nitrogens with two attached hydrogens (primary N) is 1. The van der Waals surface area contributed by atoms with Crippen molar-refractivity contribution < 1.29 is 4.79 Å². The molecule has 0 aromatic rings. The van der Waals surface area contributed by atoms with Crippen LogP contribution in [0, 0.1) is 0 Å². The van der Waals surface area contributed by atoms with Crippen LogP contribution in [-0.2, 0) is 4.79 Å². The summed E-state index contributed by atoms with van der Waals surface area (Å²) in [5.41, 5.74) is 5.72. The second-order valence-corrected chi connectivity index (χ2v) is 4.79. The molecule has 0 bridgehead atoms. The second kappa shape index (κ2) is 4.49. The Morgan fingerprint density at radius 1 is 1.40 bits per heavy atom. The third-order valence-corrected chi connectivity index (χ3v) is 3.77. The van der Waals surface area contributed by atoms with E-state index in [1.54, 1.807) is 0 Å². The first kappa shape index (κ1) is 10.9. The highest BCUT2D eigenvalue weighted by Crippen LogP contribution is 2.25. The van der Waals surface area contributed by atoms with Gasteiger partial charge in [0.15, 0.2) is 0 Å². The van der Waals surface area contributed by atoms with Gasteiger partial charge >= 0.3 is 0 Å². The van der Waals surface area contributed by atoms with E-state index in [2.05, 4.69) is 9.80 Å². The minimum Gasteiger partial charge on any atom is -0.337 e. The van der Waals surface area contributed by atoms with Gasteiger partial charge in [-0.05, 0) is 19.9 Å². The molecular weight excluding hydrogens is 190 g/mol. The van der Waals surface area contributed by atoms with E-state index < -0.39 is 0 Å². The third kappa shape index (κ3) is 2.16. The lowest BCUT2D eigenvalue weighted by Gasteiger charge is -2.41. The predicted molar refractivity (Wildman–Crippen MR) is 59.4 cm³/mol. The molecule has 0 aromatic carbocycles. The first-order valence-electron chi connectivity index (χ1n) is 5.92. The van der Waals surface area contributed by atoms with E-state index in [-0.39, 0.29) is 5.91 Å². The van der Waals surface area contributed by atoms with Gasteiger partial charge in [0.05, 0.1) is 6.54 Å². The maximum Gasteiger partial charge on any atom is 0.237 e. The highest BCUT2D eigenvalue weighted by molar-refractivity contribution is 5.79. The summed E-state index contributed by atoms with van der Waals surface area (Å²) < 4.78 is 0. The Kier molecular flexibility index (Phi) is 3.26. The lowest BCUT2D eigenvalue weighted by Crippen LogP contribution is -2.59. The van der Waals surface area contributed by atoms with Gasteiger partial charge in [-0.25, -0.2) is 0 Å². The fourth-order valence-corrected chi connectivity index (χ4v) is 2.72. The fourth-order valence-electron chi connectivity index (χ4n) is 2.72. The number of hydrogen-bond donors (Lipinski definition) is 1. The lowest BCUT2D eigenvalue weighted by atomic mass is 10.1. The van der Waals surface area contributed by atoms with Gasteiger partial charge < -0.3 is 10.6 Å². The number of carbonyl (C=O) groups is 1. The highest BCUT2D eigenvalue weighted by atomic mass is 16.2. The molecule has 1 unspecified atom stereocenters. The van der Waals surface area contributed by atoms with E-state index in [0.717, 1.165) is 6.54 Å². The van der Waals surface area contributed by atoms with Crippen LogP contribution in [0.25, 0.3) is 0 Å². The minimum absolute atomic E-state index is 0.286. The summed E-state index contributed by atoms with van der Waals surface area (Å²) in [5.74, 6) is 0.286. The Hall–Kier alpha value is -0.610. The zero-order valence-corrected chi connectivity index (χ0v) is 9.48. The van der Waals surface area contributed by atoms with Crippen molar-refractivity contribution in [3.8, 4) is 0 Å². The van der Waals surface area contributed by atoms with Gasteiger partial charge in [-0.15, -0.1) is 0 Å². The largest absolute Gasteiger partial charge is 0.337 e. The van der Waals surface area contributed by atoms with Gasteiger partial charge in [0.25, 0.3) is 0 Å². The fraction of sp³-hybridized carbons (Fsp3) is 0.909. The molecule has 1 amide bonds. The molecule has 0 spiro atoms. The van der Waals surface area contributed by atoms with Crippen molar-refractivity contribution in [2.24, 2.45) is 5.73 Å². The van der Waals surface area contributed by atoms with Crippen LogP contribution in [0.1, 0.15) is 25.7 Å². The normalized spacial score (nSPS) is 30.1. The number of piperazine rings is 1. The summed E-state index contributed by atoms with van der Waals surface area (Å²) in [6.45, 7) is 2.02. The van der Waals surface area contributed by atoms with Gasteiger partial charge in [0.1, 0.15) is 0 Å². The number of nitrogens with zero attached hydrogens (tertiary/aromatic N) is 2. The van der Waals surface area contributed by atoms with Gasteiger partial charge in [0.2, 0.25) is 5.91 Å². The molecule has 4 nitrogen and oxygen atoms in total. The maximum atomic E-state index is 11.9.